The summed E-state index contributed by atoms with van der Waals surface area (Å²) in [5.41, 5.74) is 2.34. The molecule has 0 aliphatic carbocycles. The Bertz CT molecular complexity index is 1690. The van der Waals surface area contributed by atoms with Crippen molar-refractivity contribution in [2.45, 2.75) is 13.5 Å². The molecular formula is C27H28F2N4O5S. The number of nitrogens with zero attached hydrogens (tertiary/aromatic N) is 2. The monoisotopic (exact) mass is 558 g/mol. The fourth-order valence-corrected chi connectivity index (χ4v) is 5.14. The Kier molecular flexibility index (Phi) is 7.43. The highest BCUT2D eigenvalue weighted by Crippen LogP contribution is 2.39. The van der Waals surface area contributed by atoms with E-state index in [4.69, 9.17) is 9.47 Å². The Morgan fingerprint density at radius 3 is 2.51 bits per heavy atom. The van der Waals surface area contributed by atoms with Gasteiger partial charge in [-0.25, -0.2) is 17.2 Å². The molecule has 2 aromatic carbocycles. The van der Waals surface area contributed by atoms with Gasteiger partial charge in [0.15, 0.2) is 11.6 Å². The molecule has 0 saturated carbocycles. The van der Waals surface area contributed by atoms with Crippen LogP contribution < -0.4 is 15.0 Å². The average Bonchev–Trinajstić information content (AvgIpc) is 3.33. The summed E-state index contributed by atoms with van der Waals surface area (Å²) < 4.78 is 67.8. The van der Waals surface area contributed by atoms with Crippen LogP contribution in [0.25, 0.3) is 22.0 Å². The first-order valence-electron chi connectivity index (χ1n) is 12.4. The molecule has 2 N–H and O–H groups in total. The lowest BCUT2D eigenvalue weighted by atomic mass is 10.0. The van der Waals surface area contributed by atoms with Gasteiger partial charge in [-0.1, -0.05) is 0 Å². The van der Waals surface area contributed by atoms with Crippen LogP contribution in [0.15, 0.2) is 53.5 Å². The van der Waals surface area contributed by atoms with Gasteiger partial charge in [-0.05, 0) is 43.3 Å². The summed E-state index contributed by atoms with van der Waals surface area (Å²) in [6.07, 6.45) is 1.61. The number of sulfonamides is 1. The van der Waals surface area contributed by atoms with E-state index in [9.17, 15) is 22.0 Å². The number of aryl methyl sites for hydroxylation is 1. The van der Waals surface area contributed by atoms with Gasteiger partial charge in [0.1, 0.15) is 11.6 Å². The topological polar surface area (TPSA) is 106 Å². The average molecular weight is 559 g/mol. The summed E-state index contributed by atoms with van der Waals surface area (Å²) >= 11 is 0. The number of hydrogen-bond donors (Lipinski definition) is 2. The Labute approximate surface area is 224 Å². The molecule has 0 amide bonds. The van der Waals surface area contributed by atoms with Gasteiger partial charge in [0.05, 0.1) is 29.9 Å². The van der Waals surface area contributed by atoms with E-state index in [1.54, 1.807) is 25.4 Å². The van der Waals surface area contributed by atoms with Crippen molar-refractivity contribution >= 4 is 26.6 Å². The fourth-order valence-electron chi connectivity index (χ4n) is 4.51. The minimum Gasteiger partial charge on any atom is -0.454 e. The predicted molar refractivity (Wildman–Crippen MR) is 145 cm³/mol. The van der Waals surface area contributed by atoms with E-state index in [2.05, 4.69) is 14.6 Å². The van der Waals surface area contributed by atoms with Crippen LogP contribution >= 0.6 is 0 Å². The quantitative estimate of drug-likeness (QED) is 0.336. The van der Waals surface area contributed by atoms with Crippen molar-refractivity contribution in [2.75, 3.05) is 36.8 Å². The lowest BCUT2D eigenvalue weighted by Gasteiger charge is -2.25. The standard InChI is InChI=1S/C27H28F2N4O5S/c1-3-39(35,36)31-18-5-7-24(38-25-6-4-17(28)12-23(25)29)20(13-18)22-16-32(2)27(34)21-14-19(30-26(21)22)15-33-8-10-37-11-9-33/h4-7,12-14,16,30-31H,3,8-11,15H2,1-2H3. The normalized spacial score (nSPS) is 14.6. The molecule has 0 bridgehead atoms. The van der Waals surface area contributed by atoms with Gasteiger partial charge in [-0.15, -0.1) is 0 Å². The zero-order valence-electron chi connectivity index (χ0n) is 21.5. The van der Waals surface area contributed by atoms with Crippen LogP contribution in [0.3, 0.4) is 0 Å². The molecule has 0 radical (unpaired) electrons. The van der Waals surface area contributed by atoms with Crippen molar-refractivity contribution in [3.63, 3.8) is 0 Å². The van der Waals surface area contributed by atoms with E-state index in [1.807, 2.05) is 0 Å². The summed E-state index contributed by atoms with van der Waals surface area (Å²) in [7, 11) is -1.98. The molecule has 5 rings (SSSR count). The van der Waals surface area contributed by atoms with Crippen molar-refractivity contribution in [1.82, 2.24) is 14.5 Å². The SMILES string of the molecule is CCS(=O)(=O)Nc1ccc(Oc2ccc(F)cc2F)c(-c2cn(C)c(=O)c3cc(CN4CCOCC4)[nH]c23)c1. The summed E-state index contributed by atoms with van der Waals surface area (Å²) in [5.74, 6) is -1.80. The number of anilines is 1. The molecule has 12 heteroatoms. The molecule has 0 spiro atoms. The molecule has 3 heterocycles. The second-order valence-corrected chi connectivity index (χ2v) is 11.3. The highest BCUT2D eigenvalue weighted by Gasteiger charge is 2.20. The highest BCUT2D eigenvalue weighted by molar-refractivity contribution is 7.92. The maximum atomic E-state index is 14.5. The van der Waals surface area contributed by atoms with E-state index >= 15 is 0 Å². The van der Waals surface area contributed by atoms with Gasteiger partial charge < -0.3 is 19.0 Å². The lowest BCUT2D eigenvalue weighted by Crippen LogP contribution is -2.35. The van der Waals surface area contributed by atoms with Crippen LogP contribution in [-0.2, 0) is 28.4 Å². The number of H-pyrrole nitrogens is 1. The smallest absolute Gasteiger partial charge is 0.259 e. The second kappa shape index (κ2) is 10.8. The van der Waals surface area contributed by atoms with Crippen molar-refractivity contribution in [3.8, 4) is 22.6 Å². The number of benzene rings is 2. The molecule has 1 saturated heterocycles. The predicted octanol–water partition coefficient (Wildman–Crippen LogP) is 4.20. The molecule has 0 atom stereocenters. The number of hydrogen-bond acceptors (Lipinski definition) is 6. The summed E-state index contributed by atoms with van der Waals surface area (Å²) in [4.78, 5) is 18.6. The molecule has 1 aliphatic heterocycles. The van der Waals surface area contributed by atoms with E-state index in [0.29, 0.717) is 47.9 Å². The number of halogens is 2. The van der Waals surface area contributed by atoms with E-state index in [0.717, 1.165) is 24.8 Å². The van der Waals surface area contributed by atoms with Crippen LogP contribution in [-0.4, -0.2) is 54.9 Å². The summed E-state index contributed by atoms with van der Waals surface area (Å²) in [6.45, 7) is 4.90. The van der Waals surface area contributed by atoms with E-state index in [1.165, 1.54) is 29.7 Å². The van der Waals surface area contributed by atoms with Gasteiger partial charge in [-0.3, -0.25) is 14.4 Å². The molecule has 9 nitrogen and oxygen atoms in total. The van der Waals surface area contributed by atoms with Crippen molar-refractivity contribution < 1.29 is 26.7 Å². The number of rotatable bonds is 8. The number of nitrogens with one attached hydrogen (secondary N) is 2. The van der Waals surface area contributed by atoms with Crippen molar-refractivity contribution in [3.05, 3.63) is 76.3 Å². The third-order valence-electron chi connectivity index (χ3n) is 6.55. The molecule has 2 aromatic heterocycles. The van der Waals surface area contributed by atoms with Gasteiger partial charge in [0.2, 0.25) is 10.0 Å². The molecular weight excluding hydrogens is 530 g/mol. The Morgan fingerprint density at radius 2 is 1.79 bits per heavy atom. The zero-order valence-corrected chi connectivity index (χ0v) is 22.3. The van der Waals surface area contributed by atoms with Crippen LogP contribution in [0.5, 0.6) is 11.5 Å². The van der Waals surface area contributed by atoms with Crippen LogP contribution in [0.2, 0.25) is 0 Å². The first-order valence-corrected chi connectivity index (χ1v) is 14.1. The van der Waals surface area contributed by atoms with Crippen LogP contribution in [0.4, 0.5) is 14.5 Å². The minimum atomic E-state index is -3.60. The maximum Gasteiger partial charge on any atom is 0.259 e. The largest absolute Gasteiger partial charge is 0.454 e. The van der Waals surface area contributed by atoms with Crippen molar-refractivity contribution in [1.29, 1.82) is 0 Å². The first kappa shape index (κ1) is 26.9. The fraction of sp³-hybridized carbons (Fsp3) is 0.296. The number of aromatic nitrogens is 2. The Hall–Kier alpha value is -3.74. The number of fused-ring (bicyclic) bond motifs is 1. The van der Waals surface area contributed by atoms with Gasteiger partial charge >= 0.3 is 0 Å². The van der Waals surface area contributed by atoms with Crippen LogP contribution in [0.1, 0.15) is 12.6 Å². The number of pyridine rings is 1. The number of morpholine rings is 1. The van der Waals surface area contributed by atoms with E-state index in [-0.39, 0.29) is 28.5 Å². The minimum absolute atomic E-state index is 0.132. The van der Waals surface area contributed by atoms with Crippen LogP contribution in [0, 0.1) is 11.6 Å². The molecule has 1 aliphatic rings. The lowest BCUT2D eigenvalue weighted by molar-refractivity contribution is 0.0337. The molecule has 0 unspecified atom stereocenters. The van der Waals surface area contributed by atoms with Gasteiger partial charge in [0, 0.05) is 61.5 Å². The van der Waals surface area contributed by atoms with E-state index < -0.39 is 21.7 Å². The molecule has 1 fully saturated rings. The summed E-state index contributed by atoms with van der Waals surface area (Å²) in [5, 5.41) is 0.441. The maximum absolute atomic E-state index is 14.5. The Balaban J connectivity index is 1.65. The molecule has 4 aromatic rings. The highest BCUT2D eigenvalue weighted by atomic mass is 32.2. The third kappa shape index (κ3) is 5.82. The molecule has 206 valence electrons. The third-order valence-corrected chi connectivity index (χ3v) is 7.86. The number of ether oxygens (including phenoxy) is 2. The first-order chi connectivity index (χ1) is 18.6. The number of aromatic amines is 1. The Morgan fingerprint density at radius 1 is 1.05 bits per heavy atom. The second-order valence-electron chi connectivity index (χ2n) is 9.32. The van der Waals surface area contributed by atoms with Crippen molar-refractivity contribution in [2.24, 2.45) is 7.05 Å². The van der Waals surface area contributed by atoms with Gasteiger partial charge in [-0.2, -0.15) is 0 Å². The zero-order chi connectivity index (χ0) is 27.7. The summed E-state index contributed by atoms with van der Waals surface area (Å²) in [6, 6.07) is 9.33. The van der Waals surface area contributed by atoms with Gasteiger partial charge in [0.25, 0.3) is 5.56 Å². The molecule has 39 heavy (non-hydrogen) atoms.